The number of aromatic nitrogens is 1. The lowest BCUT2D eigenvalue weighted by Crippen LogP contribution is -2.37. The molecule has 2 aliphatic rings. The quantitative estimate of drug-likeness (QED) is 0.723. The van der Waals surface area contributed by atoms with E-state index in [1.807, 2.05) is 36.4 Å². The summed E-state index contributed by atoms with van der Waals surface area (Å²) >= 11 is 0. The molecule has 1 aliphatic heterocycles. The maximum atomic E-state index is 14.6. The van der Waals surface area contributed by atoms with Crippen LogP contribution in [-0.4, -0.2) is 29.3 Å². The third-order valence-corrected chi connectivity index (χ3v) is 5.66. The normalized spacial score (nSPS) is 19.2. The second kappa shape index (κ2) is 7.37. The lowest BCUT2D eigenvalue weighted by atomic mass is 10.0. The van der Waals surface area contributed by atoms with Gasteiger partial charge in [0.15, 0.2) is 17.3 Å². The van der Waals surface area contributed by atoms with Crippen molar-refractivity contribution in [3.8, 4) is 17.0 Å². The van der Waals surface area contributed by atoms with Gasteiger partial charge in [-0.15, -0.1) is 0 Å². The summed E-state index contributed by atoms with van der Waals surface area (Å²) in [6.45, 7) is 0.249. The summed E-state index contributed by atoms with van der Waals surface area (Å²) in [7, 11) is 0. The number of halogens is 1. The first-order valence-electron chi connectivity index (χ1n) is 9.90. The van der Waals surface area contributed by atoms with Crippen LogP contribution in [0.25, 0.3) is 11.3 Å². The summed E-state index contributed by atoms with van der Waals surface area (Å²) in [5.41, 5.74) is 3.53. The van der Waals surface area contributed by atoms with Crippen molar-refractivity contribution in [1.29, 1.82) is 0 Å². The fraction of sp³-hybridized carbons (Fsp3) is 0.208. The molecule has 6 heteroatoms. The number of carbonyl (C=O) groups excluding carboxylic acids is 2. The van der Waals surface area contributed by atoms with E-state index < -0.39 is 11.7 Å². The molecule has 2 heterocycles. The Kier molecular flexibility index (Phi) is 4.54. The fourth-order valence-corrected chi connectivity index (χ4v) is 4.21. The van der Waals surface area contributed by atoms with Crippen LogP contribution >= 0.6 is 0 Å². The van der Waals surface area contributed by atoms with Crippen molar-refractivity contribution in [3.05, 3.63) is 83.3 Å². The molecule has 2 aromatic carbocycles. The third-order valence-electron chi connectivity index (χ3n) is 5.66. The molecule has 1 N–H and O–H groups in total. The lowest BCUT2D eigenvalue weighted by molar-refractivity contribution is -0.122. The Bertz CT molecular complexity index is 1150. The zero-order valence-electron chi connectivity index (χ0n) is 16.1. The number of Topliss-reactive ketones (excluding diaryl/α,β-unsaturated/α-hetero) is 1. The van der Waals surface area contributed by atoms with Crippen LogP contribution in [0.4, 0.5) is 4.39 Å². The van der Waals surface area contributed by atoms with E-state index in [0.29, 0.717) is 23.2 Å². The molecule has 3 aromatic rings. The molecule has 30 heavy (non-hydrogen) atoms. The molecule has 0 unspecified atom stereocenters. The van der Waals surface area contributed by atoms with Gasteiger partial charge in [0.05, 0.1) is 18.2 Å². The van der Waals surface area contributed by atoms with Crippen molar-refractivity contribution in [2.24, 2.45) is 0 Å². The highest BCUT2D eigenvalue weighted by Crippen LogP contribution is 2.36. The van der Waals surface area contributed by atoms with Gasteiger partial charge in [0.1, 0.15) is 6.10 Å². The van der Waals surface area contributed by atoms with Crippen molar-refractivity contribution < 1.29 is 18.7 Å². The predicted molar refractivity (Wildman–Crippen MR) is 109 cm³/mol. The number of nitrogens with zero attached hydrogens (tertiary/aromatic N) is 1. The molecule has 150 valence electrons. The first-order chi connectivity index (χ1) is 14.6. The summed E-state index contributed by atoms with van der Waals surface area (Å²) in [6, 6.07) is 16.0. The summed E-state index contributed by atoms with van der Waals surface area (Å²) in [5.74, 6) is -0.903. The van der Waals surface area contributed by atoms with Gasteiger partial charge in [-0.25, -0.2) is 4.39 Å². The van der Waals surface area contributed by atoms with Crippen LogP contribution in [0.2, 0.25) is 0 Å². The van der Waals surface area contributed by atoms with Gasteiger partial charge in [-0.2, -0.15) is 0 Å². The van der Waals surface area contributed by atoms with Gasteiger partial charge >= 0.3 is 0 Å². The average Bonchev–Trinajstić information content (AvgIpc) is 3.34. The molecule has 2 atom stereocenters. The molecular formula is C24H19FN2O3. The Balaban J connectivity index is 1.27. The maximum Gasteiger partial charge on any atom is 0.228 e. The summed E-state index contributed by atoms with van der Waals surface area (Å²) in [6.07, 6.45) is 1.98. The van der Waals surface area contributed by atoms with E-state index in [1.54, 1.807) is 18.3 Å². The number of carbonyl (C=O) groups is 2. The summed E-state index contributed by atoms with van der Waals surface area (Å²) in [4.78, 5) is 29.1. The van der Waals surface area contributed by atoms with Gasteiger partial charge in [0, 0.05) is 35.7 Å². The van der Waals surface area contributed by atoms with Crippen molar-refractivity contribution in [2.45, 2.75) is 24.9 Å². The number of pyridine rings is 1. The van der Waals surface area contributed by atoms with Crippen LogP contribution in [0, 0.1) is 5.82 Å². The molecule has 1 amide bonds. The Morgan fingerprint density at radius 2 is 1.97 bits per heavy atom. The molecule has 0 saturated heterocycles. The smallest absolute Gasteiger partial charge is 0.228 e. The standard InChI is InChI=1S/C24H19FN2O3/c25-20-11-14(21-7-3-4-8-26-21)9-15-10-16(30-23(15)20)13-27-24(29)19-12-22(28)18-6-2-1-5-17(18)19/h1-9,11,16,19H,10,12-13H2,(H,27,29)/t16-,19+/m0/s1. The van der Waals surface area contributed by atoms with Crippen molar-refractivity contribution in [1.82, 2.24) is 10.3 Å². The topological polar surface area (TPSA) is 68.3 Å². The maximum absolute atomic E-state index is 14.6. The number of amides is 1. The number of fused-ring (bicyclic) bond motifs is 2. The largest absolute Gasteiger partial charge is 0.485 e. The molecule has 5 rings (SSSR count). The molecule has 0 saturated carbocycles. The Morgan fingerprint density at radius 1 is 1.13 bits per heavy atom. The minimum atomic E-state index is -0.482. The monoisotopic (exact) mass is 402 g/mol. The van der Waals surface area contributed by atoms with Crippen LogP contribution < -0.4 is 10.1 Å². The highest BCUT2D eigenvalue weighted by atomic mass is 19.1. The van der Waals surface area contributed by atoms with Crippen molar-refractivity contribution in [3.63, 3.8) is 0 Å². The van der Waals surface area contributed by atoms with Crippen LogP contribution in [0.5, 0.6) is 5.75 Å². The number of hydrogen-bond acceptors (Lipinski definition) is 4. The minimum Gasteiger partial charge on any atom is -0.485 e. The highest BCUT2D eigenvalue weighted by Gasteiger charge is 2.35. The fourth-order valence-electron chi connectivity index (χ4n) is 4.21. The molecule has 0 bridgehead atoms. The van der Waals surface area contributed by atoms with E-state index >= 15 is 0 Å². The summed E-state index contributed by atoms with van der Waals surface area (Å²) < 4.78 is 20.3. The van der Waals surface area contributed by atoms with Gasteiger partial charge in [0.2, 0.25) is 5.91 Å². The zero-order chi connectivity index (χ0) is 20.7. The third kappa shape index (κ3) is 3.24. The van der Waals surface area contributed by atoms with E-state index in [1.165, 1.54) is 6.07 Å². The van der Waals surface area contributed by atoms with Gasteiger partial charge in [-0.3, -0.25) is 14.6 Å². The number of benzene rings is 2. The molecule has 0 fully saturated rings. The predicted octanol–water partition coefficient (Wildman–Crippen LogP) is 3.68. The number of hydrogen-bond donors (Lipinski definition) is 1. The van der Waals surface area contributed by atoms with Crippen molar-refractivity contribution >= 4 is 11.7 Å². The average molecular weight is 402 g/mol. The second-order valence-corrected chi connectivity index (χ2v) is 7.62. The molecule has 5 nitrogen and oxygen atoms in total. The van der Waals surface area contributed by atoms with E-state index in [4.69, 9.17) is 4.74 Å². The van der Waals surface area contributed by atoms with E-state index in [0.717, 1.165) is 11.1 Å². The van der Waals surface area contributed by atoms with Gasteiger partial charge < -0.3 is 10.1 Å². The molecule has 1 aromatic heterocycles. The van der Waals surface area contributed by atoms with Gasteiger partial charge in [-0.1, -0.05) is 30.3 Å². The van der Waals surface area contributed by atoms with Gasteiger partial charge in [0.25, 0.3) is 0 Å². The van der Waals surface area contributed by atoms with Crippen LogP contribution in [0.3, 0.4) is 0 Å². The highest BCUT2D eigenvalue weighted by molar-refractivity contribution is 6.06. The van der Waals surface area contributed by atoms with Crippen LogP contribution in [0.15, 0.2) is 60.8 Å². The van der Waals surface area contributed by atoms with Crippen molar-refractivity contribution in [2.75, 3.05) is 6.54 Å². The Labute approximate surface area is 172 Å². The van der Waals surface area contributed by atoms with E-state index in [9.17, 15) is 14.0 Å². The number of ketones is 1. The first-order valence-corrected chi connectivity index (χ1v) is 9.90. The molecule has 0 radical (unpaired) electrons. The number of ether oxygens (including phenoxy) is 1. The lowest BCUT2D eigenvalue weighted by Gasteiger charge is -2.15. The first kappa shape index (κ1) is 18.5. The van der Waals surface area contributed by atoms with Crippen LogP contribution in [-0.2, 0) is 11.2 Å². The zero-order valence-corrected chi connectivity index (χ0v) is 16.1. The Morgan fingerprint density at radius 3 is 2.80 bits per heavy atom. The van der Waals surface area contributed by atoms with Gasteiger partial charge in [-0.05, 0) is 29.8 Å². The molecular weight excluding hydrogens is 383 g/mol. The van der Waals surface area contributed by atoms with E-state index in [2.05, 4.69) is 10.3 Å². The minimum absolute atomic E-state index is 0.0145. The SMILES string of the molecule is O=C1C[C@@H](C(=O)NC[C@@H]2Cc3cc(-c4ccccn4)cc(F)c3O2)c2ccccc21. The molecule has 1 aliphatic carbocycles. The molecule has 0 spiro atoms. The second-order valence-electron chi connectivity index (χ2n) is 7.62. The van der Waals surface area contributed by atoms with Crippen LogP contribution in [0.1, 0.15) is 33.8 Å². The summed E-state index contributed by atoms with van der Waals surface area (Å²) in [5, 5.41) is 2.88. The Hall–Kier alpha value is -3.54. The number of nitrogens with one attached hydrogen (secondary N) is 1. The van der Waals surface area contributed by atoms with E-state index in [-0.39, 0.29) is 36.5 Å². The number of rotatable bonds is 4.